The van der Waals surface area contributed by atoms with Crippen LogP contribution in [-0.4, -0.2) is 36.3 Å². The minimum Gasteiger partial charge on any atom is -0.469 e. The quantitative estimate of drug-likeness (QED) is 0.645. The van der Waals surface area contributed by atoms with Gasteiger partial charge < -0.3 is 10.5 Å². The van der Waals surface area contributed by atoms with E-state index in [0.717, 1.165) is 0 Å². The summed E-state index contributed by atoms with van der Waals surface area (Å²) in [6.45, 7) is 5.80. The van der Waals surface area contributed by atoms with Gasteiger partial charge in [-0.1, -0.05) is 20.8 Å². The van der Waals surface area contributed by atoms with Gasteiger partial charge in [0.05, 0.1) is 18.8 Å². The molecule has 0 fully saturated rings. The fourth-order valence-corrected chi connectivity index (χ4v) is 2.34. The maximum atomic E-state index is 12.0. The summed E-state index contributed by atoms with van der Waals surface area (Å²) < 4.78 is 4.69. The summed E-state index contributed by atoms with van der Waals surface area (Å²) in [5.74, 6) is -0.657. The highest BCUT2D eigenvalue weighted by Gasteiger charge is 2.26. The van der Waals surface area contributed by atoms with Gasteiger partial charge in [-0.3, -0.25) is 14.4 Å². The van der Waals surface area contributed by atoms with Crippen molar-refractivity contribution in [2.45, 2.75) is 27.2 Å². The predicted octanol–water partition coefficient (Wildman–Crippen LogP) is 1.25. The molecule has 0 aliphatic carbocycles. The molecule has 2 atom stereocenters. The number of rotatable bonds is 9. The average molecular weight is 289 g/mol. The molecule has 0 aromatic heterocycles. The number of nitrogens with two attached hydrogens (primary N) is 1. The molecule has 0 rings (SSSR count). The molecule has 0 spiro atoms. The number of amides is 1. The summed E-state index contributed by atoms with van der Waals surface area (Å²) in [5, 5.41) is 0. The molecular weight excluding hydrogens is 266 g/mol. The van der Waals surface area contributed by atoms with Crippen LogP contribution in [0.15, 0.2) is 0 Å². The molecule has 0 aromatic rings. The monoisotopic (exact) mass is 289 g/mol. The third kappa shape index (κ3) is 7.20. The Morgan fingerprint density at radius 3 is 2.21 bits per heavy atom. The lowest BCUT2D eigenvalue weighted by molar-refractivity contribution is -0.146. The summed E-state index contributed by atoms with van der Waals surface area (Å²) >= 11 is 1.25. The summed E-state index contributed by atoms with van der Waals surface area (Å²) in [4.78, 5) is 34.3. The highest BCUT2D eigenvalue weighted by atomic mass is 32.2. The molecule has 0 aliphatic rings. The largest absolute Gasteiger partial charge is 0.469 e. The van der Waals surface area contributed by atoms with E-state index in [9.17, 15) is 14.4 Å². The maximum absolute atomic E-state index is 12.0. The number of hydrogen-bond donors (Lipinski definition) is 1. The van der Waals surface area contributed by atoms with Gasteiger partial charge in [-0.25, -0.2) is 0 Å². The molecule has 1 amide bonds. The highest BCUT2D eigenvalue weighted by Crippen LogP contribution is 2.20. The maximum Gasteiger partial charge on any atom is 0.309 e. The summed E-state index contributed by atoms with van der Waals surface area (Å²) in [5.41, 5.74) is 5.03. The standard InChI is InChI=1S/C13H23NO4S/c1-8(2)9(3)11(15)5-10(13(17)18-4)6-19-7-12(14)16/h8-10H,5-7H2,1-4H3,(H2,14,16)/t9-,10-/m0/s1. The van der Waals surface area contributed by atoms with Crippen LogP contribution in [0.1, 0.15) is 27.2 Å². The molecule has 0 heterocycles. The molecule has 6 heteroatoms. The molecule has 19 heavy (non-hydrogen) atoms. The van der Waals surface area contributed by atoms with Gasteiger partial charge in [-0.05, 0) is 5.92 Å². The number of esters is 1. The Kier molecular flexibility index (Phi) is 8.47. The number of Topliss-reactive ketones (excluding diaryl/α,β-unsaturated/α-hetero) is 1. The minimum atomic E-state index is -0.511. The second-order valence-electron chi connectivity index (χ2n) is 4.90. The molecule has 0 bridgehead atoms. The van der Waals surface area contributed by atoms with Crippen molar-refractivity contribution in [3.8, 4) is 0 Å². The van der Waals surface area contributed by atoms with Crippen LogP contribution in [0.2, 0.25) is 0 Å². The first-order valence-corrected chi connectivity index (χ1v) is 7.41. The second-order valence-corrected chi connectivity index (χ2v) is 5.93. The average Bonchev–Trinajstić information content (AvgIpc) is 2.34. The van der Waals surface area contributed by atoms with E-state index in [0.29, 0.717) is 5.75 Å². The van der Waals surface area contributed by atoms with Crippen molar-refractivity contribution in [1.29, 1.82) is 0 Å². The predicted molar refractivity (Wildman–Crippen MR) is 75.7 cm³/mol. The van der Waals surface area contributed by atoms with Gasteiger partial charge in [0.15, 0.2) is 0 Å². The number of ether oxygens (including phenoxy) is 1. The van der Waals surface area contributed by atoms with E-state index >= 15 is 0 Å². The van der Waals surface area contributed by atoms with Crippen molar-refractivity contribution in [2.75, 3.05) is 18.6 Å². The Balaban J connectivity index is 4.47. The third-order valence-electron chi connectivity index (χ3n) is 3.05. The normalized spacial score (nSPS) is 13.9. The highest BCUT2D eigenvalue weighted by molar-refractivity contribution is 7.99. The SMILES string of the molecule is COC(=O)[C@H](CSCC(N)=O)CC(=O)[C@@H](C)C(C)C. The smallest absolute Gasteiger partial charge is 0.309 e. The lowest BCUT2D eigenvalue weighted by atomic mass is 9.89. The van der Waals surface area contributed by atoms with E-state index in [-0.39, 0.29) is 29.8 Å². The summed E-state index contributed by atoms with van der Waals surface area (Å²) in [6.07, 6.45) is 0.151. The van der Waals surface area contributed by atoms with Crippen molar-refractivity contribution in [3.63, 3.8) is 0 Å². The Hall–Kier alpha value is -1.04. The van der Waals surface area contributed by atoms with Crippen molar-refractivity contribution >= 4 is 29.4 Å². The van der Waals surface area contributed by atoms with Crippen LogP contribution >= 0.6 is 11.8 Å². The number of ketones is 1. The Morgan fingerprint density at radius 2 is 1.79 bits per heavy atom. The van der Waals surface area contributed by atoms with Gasteiger partial charge in [-0.15, -0.1) is 0 Å². The first kappa shape index (κ1) is 18.0. The van der Waals surface area contributed by atoms with Gasteiger partial charge in [0.2, 0.25) is 5.91 Å². The van der Waals surface area contributed by atoms with Crippen LogP contribution in [-0.2, 0) is 19.1 Å². The fraction of sp³-hybridized carbons (Fsp3) is 0.769. The van der Waals surface area contributed by atoms with E-state index in [1.54, 1.807) is 0 Å². The number of methoxy groups -OCH3 is 1. The molecule has 2 N–H and O–H groups in total. The molecule has 0 saturated heterocycles. The third-order valence-corrected chi connectivity index (χ3v) is 4.18. The molecule has 110 valence electrons. The lowest BCUT2D eigenvalue weighted by Gasteiger charge is -2.18. The van der Waals surface area contributed by atoms with Crippen molar-refractivity contribution in [1.82, 2.24) is 0 Å². The lowest BCUT2D eigenvalue weighted by Crippen LogP contribution is -2.27. The molecule has 0 unspecified atom stereocenters. The number of primary amides is 1. The van der Waals surface area contributed by atoms with Crippen LogP contribution < -0.4 is 5.73 Å². The van der Waals surface area contributed by atoms with Crippen LogP contribution in [0, 0.1) is 17.8 Å². The second kappa shape index (κ2) is 8.96. The fourth-order valence-electron chi connectivity index (χ4n) is 1.48. The number of carbonyl (C=O) groups is 3. The Bertz CT molecular complexity index is 331. The first-order valence-electron chi connectivity index (χ1n) is 6.26. The van der Waals surface area contributed by atoms with E-state index in [1.165, 1.54) is 18.9 Å². The van der Waals surface area contributed by atoms with E-state index in [2.05, 4.69) is 0 Å². The zero-order valence-corrected chi connectivity index (χ0v) is 12.8. The molecule has 0 saturated carbocycles. The first-order chi connectivity index (χ1) is 8.79. The Morgan fingerprint density at radius 1 is 1.21 bits per heavy atom. The molecular formula is C13H23NO4S. The molecule has 0 aromatic carbocycles. The molecule has 0 aliphatic heterocycles. The van der Waals surface area contributed by atoms with Gasteiger partial charge in [0, 0.05) is 18.1 Å². The van der Waals surface area contributed by atoms with Crippen LogP contribution in [0.3, 0.4) is 0 Å². The summed E-state index contributed by atoms with van der Waals surface area (Å²) in [6, 6.07) is 0. The zero-order valence-electron chi connectivity index (χ0n) is 12.0. The van der Waals surface area contributed by atoms with Crippen LogP contribution in [0.4, 0.5) is 0 Å². The number of carbonyl (C=O) groups excluding carboxylic acids is 3. The molecule has 0 radical (unpaired) electrons. The molecule has 5 nitrogen and oxygen atoms in total. The van der Waals surface area contributed by atoms with Gasteiger partial charge in [-0.2, -0.15) is 11.8 Å². The van der Waals surface area contributed by atoms with Crippen LogP contribution in [0.5, 0.6) is 0 Å². The van der Waals surface area contributed by atoms with Gasteiger partial charge in [0.1, 0.15) is 5.78 Å². The number of thioether (sulfide) groups is 1. The number of hydrogen-bond acceptors (Lipinski definition) is 5. The van der Waals surface area contributed by atoms with Crippen molar-refractivity contribution < 1.29 is 19.1 Å². The topological polar surface area (TPSA) is 86.5 Å². The van der Waals surface area contributed by atoms with Crippen LogP contribution in [0.25, 0.3) is 0 Å². The van der Waals surface area contributed by atoms with E-state index in [4.69, 9.17) is 10.5 Å². The zero-order chi connectivity index (χ0) is 15.0. The van der Waals surface area contributed by atoms with Gasteiger partial charge in [0.25, 0.3) is 0 Å². The van der Waals surface area contributed by atoms with Crippen molar-refractivity contribution in [3.05, 3.63) is 0 Å². The van der Waals surface area contributed by atoms with Gasteiger partial charge >= 0.3 is 5.97 Å². The summed E-state index contributed by atoms with van der Waals surface area (Å²) in [7, 11) is 1.30. The minimum absolute atomic E-state index is 0.0464. The Labute approximate surface area is 118 Å². The van der Waals surface area contributed by atoms with Crippen molar-refractivity contribution in [2.24, 2.45) is 23.5 Å². The van der Waals surface area contributed by atoms with E-state index < -0.39 is 17.8 Å². The van der Waals surface area contributed by atoms with E-state index in [1.807, 2.05) is 20.8 Å².